The van der Waals surface area contributed by atoms with E-state index in [2.05, 4.69) is 15.3 Å². The van der Waals surface area contributed by atoms with Gasteiger partial charge in [-0.2, -0.15) is 0 Å². The van der Waals surface area contributed by atoms with Crippen LogP contribution in [0.4, 0.5) is 5.82 Å². The fourth-order valence-electron chi connectivity index (χ4n) is 2.34. The topological polar surface area (TPSA) is 95.1 Å². The largest absolute Gasteiger partial charge is 0.504 e. The summed E-state index contributed by atoms with van der Waals surface area (Å²) in [5.41, 5.74) is 1.73. The Kier molecular flexibility index (Phi) is 3.34. The average molecular weight is 295 g/mol. The van der Waals surface area contributed by atoms with Crippen LogP contribution in [0.2, 0.25) is 0 Å². The summed E-state index contributed by atoms with van der Waals surface area (Å²) < 4.78 is 0. The lowest BCUT2D eigenvalue weighted by atomic mass is 10.1. The molecule has 0 unspecified atom stereocenters. The molecule has 0 aliphatic carbocycles. The van der Waals surface area contributed by atoms with Gasteiger partial charge in [0.05, 0.1) is 5.56 Å². The molecule has 0 atom stereocenters. The molecule has 0 aliphatic rings. The van der Waals surface area contributed by atoms with Crippen molar-refractivity contribution in [3.8, 4) is 5.75 Å². The molecule has 1 aromatic carbocycles. The van der Waals surface area contributed by atoms with Crippen LogP contribution in [0.25, 0.3) is 10.9 Å². The van der Waals surface area contributed by atoms with Crippen molar-refractivity contribution in [2.45, 2.75) is 6.92 Å². The number of carbonyl (C=O) groups is 2. The molecule has 0 spiro atoms. The van der Waals surface area contributed by atoms with Gasteiger partial charge in [0.25, 0.3) is 11.7 Å². The highest BCUT2D eigenvalue weighted by Gasteiger charge is 2.23. The summed E-state index contributed by atoms with van der Waals surface area (Å²) in [6.07, 6.45) is 1.41. The number of rotatable bonds is 3. The van der Waals surface area contributed by atoms with Gasteiger partial charge in [-0.3, -0.25) is 9.59 Å². The molecule has 22 heavy (non-hydrogen) atoms. The number of amides is 1. The van der Waals surface area contributed by atoms with Crippen LogP contribution in [0.3, 0.4) is 0 Å². The van der Waals surface area contributed by atoms with Crippen LogP contribution in [-0.4, -0.2) is 26.8 Å². The molecule has 0 saturated heterocycles. The summed E-state index contributed by atoms with van der Waals surface area (Å²) in [5, 5.41) is 12.6. The van der Waals surface area contributed by atoms with E-state index in [9.17, 15) is 14.7 Å². The second kappa shape index (κ2) is 5.33. The summed E-state index contributed by atoms with van der Waals surface area (Å²) in [5.74, 6) is -1.76. The van der Waals surface area contributed by atoms with Gasteiger partial charge in [0.2, 0.25) is 0 Å². The summed E-state index contributed by atoms with van der Waals surface area (Å²) in [7, 11) is 0. The number of hydrogen-bond donors (Lipinski definition) is 3. The van der Waals surface area contributed by atoms with E-state index in [4.69, 9.17) is 0 Å². The van der Waals surface area contributed by atoms with Crippen molar-refractivity contribution in [2.24, 2.45) is 0 Å². The van der Waals surface area contributed by atoms with E-state index in [-0.39, 0.29) is 11.6 Å². The summed E-state index contributed by atoms with van der Waals surface area (Å²) in [6, 6.07) is 10.2. The number of hydrogen-bond acceptors (Lipinski definition) is 4. The highest BCUT2D eigenvalue weighted by atomic mass is 16.3. The predicted molar refractivity (Wildman–Crippen MR) is 81.9 cm³/mol. The zero-order valence-corrected chi connectivity index (χ0v) is 11.8. The van der Waals surface area contributed by atoms with Crippen LogP contribution in [-0.2, 0) is 4.79 Å². The van der Waals surface area contributed by atoms with E-state index in [0.717, 1.165) is 5.52 Å². The molecule has 3 aromatic rings. The number of fused-ring (bicyclic) bond motifs is 1. The van der Waals surface area contributed by atoms with Gasteiger partial charge >= 0.3 is 0 Å². The number of carbonyl (C=O) groups excluding carboxylic acids is 2. The third-order valence-electron chi connectivity index (χ3n) is 3.35. The lowest BCUT2D eigenvalue weighted by molar-refractivity contribution is -0.112. The Labute approximate surface area is 125 Å². The van der Waals surface area contributed by atoms with Gasteiger partial charge in [-0.05, 0) is 25.1 Å². The molecular formula is C16H13N3O3. The van der Waals surface area contributed by atoms with Crippen molar-refractivity contribution in [3.63, 3.8) is 0 Å². The fourth-order valence-corrected chi connectivity index (χ4v) is 2.34. The Hall–Kier alpha value is -3.15. The zero-order chi connectivity index (χ0) is 15.7. The molecule has 0 saturated carbocycles. The van der Waals surface area contributed by atoms with Gasteiger partial charge in [-0.1, -0.05) is 18.2 Å². The van der Waals surface area contributed by atoms with Crippen LogP contribution in [0.15, 0.2) is 42.6 Å². The maximum atomic E-state index is 12.4. The maximum absolute atomic E-state index is 12.4. The molecule has 0 radical (unpaired) electrons. The first-order chi connectivity index (χ1) is 10.6. The van der Waals surface area contributed by atoms with Crippen LogP contribution >= 0.6 is 0 Å². The van der Waals surface area contributed by atoms with Gasteiger partial charge in [-0.15, -0.1) is 0 Å². The predicted octanol–water partition coefficient (Wildman–Crippen LogP) is 2.40. The maximum Gasteiger partial charge on any atom is 0.298 e. The lowest BCUT2D eigenvalue weighted by Crippen LogP contribution is -2.23. The Bertz CT molecular complexity index is 883. The summed E-state index contributed by atoms with van der Waals surface area (Å²) in [6.45, 7) is 1.73. The van der Waals surface area contributed by atoms with E-state index in [1.165, 1.54) is 18.3 Å². The Morgan fingerprint density at radius 3 is 2.73 bits per heavy atom. The first-order valence-electron chi connectivity index (χ1n) is 6.65. The number of para-hydroxylation sites is 1. The first-order valence-corrected chi connectivity index (χ1v) is 6.65. The number of Topliss-reactive ketones (excluding diaryl/α,β-unsaturated/α-hetero) is 1. The molecule has 3 N–H and O–H groups in total. The minimum atomic E-state index is -0.846. The number of aryl methyl sites for hydroxylation is 1. The van der Waals surface area contributed by atoms with Crippen molar-refractivity contribution < 1.29 is 14.7 Å². The molecule has 1 amide bonds. The SMILES string of the molecule is Cc1[nH]c2ccccc2c1C(=O)C(=O)Nc1ncccc1O. The number of ketones is 1. The van der Waals surface area contributed by atoms with Crippen molar-refractivity contribution >= 4 is 28.4 Å². The van der Waals surface area contributed by atoms with Gasteiger partial charge in [-0.25, -0.2) is 4.98 Å². The number of aromatic nitrogens is 2. The number of H-pyrrole nitrogens is 1. The molecule has 0 fully saturated rings. The molecule has 3 rings (SSSR count). The fraction of sp³-hybridized carbons (Fsp3) is 0.0625. The van der Waals surface area contributed by atoms with Crippen LogP contribution in [0, 0.1) is 6.92 Å². The number of nitrogens with one attached hydrogen (secondary N) is 2. The normalized spacial score (nSPS) is 10.6. The van der Waals surface area contributed by atoms with Crippen molar-refractivity contribution in [1.82, 2.24) is 9.97 Å². The number of anilines is 1. The number of aromatic amines is 1. The Balaban J connectivity index is 1.94. The summed E-state index contributed by atoms with van der Waals surface area (Å²) in [4.78, 5) is 31.4. The number of pyridine rings is 1. The molecule has 2 aromatic heterocycles. The second-order valence-electron chi connectivity index (χ2n) is 4.82. The quantitative estimate of drug-likeness (QED) is 0.510. The number of benzene rings is 1. The van der Waals surface area contributed by atoms with Crippen LogP contribution < -0.4 is 5.32 Å². The van der Waals surface area contributed by atoms with E-state index in [1.54, 1.807) is 19.1 Å². The third-order valence-corrected chi connectivity index (χ3v) is 3.35. The lowest BCUT2D eigenvalue weighted by Gasteiger charge is -2.05. The highest BCUT2D eigenvalue weighted by molar-refractivity contribution is 6.48. The molecule has 6 heteroatoms. The minimum absolute atomic E-state index is 0.0432. The van der Waals surface area contributed by atoms with Crippen molar-refractivity contribution in [2.75, 3.05) is 5.32 Å². The summed E-state index contributed by atoms with van der Waals surface area (Å²) >= 11 is 0. The molecule has 0 aliphatic heterocycles. The van der Waals surface area contributed by atoms with Crippen LogP contribution in [0.5, 0.6) is 5.75 Å². The smallest absolute Gasteiger partial charge is 0.298 e. The zero-order valence-electron chi connectivity index (χ0n) is 11.8. The van der Waals surface area contributed by atoms with Gasteiger partial charge < -0.3 is 15.4 Å². The van der Waals surface area contributed by atoms with E-state index in [1.807, 2.05) is 12.1 Å². The van der Waals surface area contributed by atoms with Gasteiger partial charge in [0.15, 0.2) is 11.6 Å². The van der Waals surface area contributed by atoms with E-state index >= 15 is 0 Å². The third kappa shape index (κ3) is 2.31. The monoisotopic (exact) mass is 295 g/mol. The minimum Gasteiger partial charge on any atom is -0.504 e. The van der Waals surface area contributed by atoms with Crippen LogP contribution in [0.1, 0.15) is 16.1 Å². The Morgan fingerprint density at radius 2 is 1.95 bits per heavy atom. The molecular weight excluding hydrogens is 282 g/mol. The second-order valence-corrected chi connectivity index (χ2v) is 4.82. The number of nitrogens with zero attached hydrogens (tertiary/aromatic N) is 1. The standard InChI is InChI=1S/C16H13N3O3/c1-9-13(10-5-2-3-6-11(10)18-9)14(21)16(22)19-15-12(20)7-4-8-17-15/h2-8,18,20H,1H3,(H,17,19,22). The molecule has 110 valence electrons. The van der Waals surface area contributed by atoms with E-state index in [0.29, 0.717) is 16.6 Å². The van der Waals surface area contributed by atoms with Gasteiger partial charge in [0.1, 0.15) is 0 Å². The highest BCUT2D eigenvalue weighted by Crippen LogP contribution is 2.23. The molecule has 0 bridgehead atoms. The molecule has 6 nitrogen and oxygen atoms in total. The number of aromatic hydroxyl groups is 1. The van der Waals surface area contributed by atoms with Crippen molar-refractivity contribution in [3.05, 3.63) is 53.9 Å². The van der Waals surface area contributed by atoms with Gasteiger partial charge in [0, 0.05) is 22.8 Å². The average Bonchev–Trinajstić information content (AvgIpc) is 2.84. The van der Waals surface area contributed by atoms with E-state index < -0.39 is 11.7 Å². The Morgan fingerprint density at radius 1 is 1.18 bits per heavy atom. The first kappa shape index (κ1) is 13.8. The van der Waals surface area contributed by atoms with Crippen molar-refractivity contribution in [1.29, 1.82) is 0 Å². The molecule has 2 heterocycles.